The van der Waals surface area contributed by atoms with Gasteiger partial charge >= 0.3 is 0 Å². The first-order valence-corrected chi connectivity index (χ1v) is 15.4. The van der Waals surface area contributed by atoms with Crippen LogP contribution in [0.2, 0.25) is 0 Å². The second-order valence-electron chi connectivity index (χ2n) is 11.0. The van der Waals surface area contributed by atoms with Gasteiger partial charge in [0.25, 0.3) is 0 Å². The van der Waals surface area contributed by atoms with Crippen LogP contribution in [0.3, 0.4) is 0 Å². The molecule has 0 atom stereocenters. The van der Waals surface area contributed by atoms with E-state index in [0.717, 1.165) is 36.8 Å². The van der Waals surface area contributed by atoms with Crippen molar-refractivity contribution >= 4 is 0 Å². The van der Waals surface area contributed by atoms with Gasteiger partial charge in [0.1, 0.15) is 5.82 Å². The molecule has 0 spiro atoms. The van der Waals surface area contributed by atoms with Gasteiger partial charge in [-0.2, -0.15) is 0 Å². The molecular weight excluding hydrogens is 489 g/mol. The van der Waals surface area contributed by atoms with E-state index in [0.29, 0.717) is 12.0 Å². The molecule has 0 aromatic heterocycles. The second-order valence-corrected chi connectivity index (χ2v) is 11.0. The first-order chi connectivity index (χ1) is 19.0. The van der Waals surface area contributed by atoms with Crippen molar-refractivity contribution in [2.75, 3.05) is 0 Å². The Morgan fingerprint density at radius 1 is 0.462 bits per heavy atom. The van der Waals surface area contributed by atoms with E-state index in [2.05, 4.69) is 26.0 Å². The van der Waals surface area contributed by atoms with Crippen LogP contribution >= 0.6 is 0 Å². The van der Waals surface area contributed by atoms with Gasteiger partial charge in [-0.25, -0.2) is 13.2 Å². The number of aryl methyl sites for hydroxylation is 2. The molecule has 0 fully saturated rings. The third-order valence-corrected chi connectivity index (χ3v) is 7.83. The zero-order valence-corrected chi connectivity index (χ0v) is 24.1. The molecule has 0 heterocycles. The van der Waals surface area contributed by atoms with Crippen LogP contribution in [0.1, 0.15) is 115 Å². The predicted molar refractivity (Wildman–Crippen MR) is 161 cm³/mol. The smallest absolute Gasteiger partial charge is 0.167 e. The van der Waals surface area contributed by atoms with Crippen molar-refractivity contribution < 1.29 is 13.2 Å². The SMILES string of the molecule is CCCCCCCCCc1ccc(-c2ccc(-c3ccc(CCCCCCCCC)c(F)c3F)c(F)c2)cc1. The van der Waals surface area contributed by atoms with Gasteiger partial charge in [-0.1, -0.05) is 139 Å². The van der Waals surface area contributed by atoms with Gasteiger partial charge in [0.15, 0.2) is 11.6 Å². The zero-order chi connectivity index (χ0) is 27.9. The summed E-state index contributed by atoms with van der Waals surface area (Å²) in [4.78, 5) is 0. The van der Waals surface area contributed by atoms with Gasteiger partial charge in [0.05, 0.1) is 0 Å². The summed E-state index contributed by atoms with van der Waals surface area (Å²) in [6, 6.07) is 16.2. The quantitative estimate of drug-likeness (QED) is 0.142. The maximum absolute atomic E-state index is 15.1. The maximum Gasteiger partial charge on any atom is 0.167 e. The second kappa shape index (κ2) is 17.2. The van der Waals surface area contributed by atoms with Crippen LogP contribution in [0.4, 0.5) is 13.2 Å². The van der Waals surface area contributed by atoms with Crippen LogP contribution in [0.5, 0.6) is 0 Å². The number of rotatable bonds is 18. The molecule has 0 saturated heterocycles. The number of halogens is 3. The van der Waals surface area contributed by atoms with E-state index in [9.17, 15) is 8.78 Å². The fourth-order valence-electron chi connectivity index (χ4n) is 5.33. The summed E-state index contributed by atoms with van der Waals surface area (Å²) in [5.41, 5.74) is 3.38. The molecule has 0 nitrogen and oxygen atoms in total. The normalized spacial score (nSPS) is 11.3. The Hall–Kier alpha value is -2.55. The first kappa shape index (κ1) is 31.0. The van der Waals surface area contributed by atoms with Crippen molar-refractivity contribution in [2.45, 2.75) is 117 Å². The molecule has 3 aromatic rings. The van der Waals surface area contributed by atoms with Crippen LogP contribution in [0, 0.1) is 17.5 Å². The van der Waals surface area contributed by atoms with Crippen LogP contribution in [0.15, 0.2) is 54.6 Å². The molecule has 0 aliphatic rings. The van der Waals surface area contributed by atoms with Crippen molar-refractivity contribution in [2.24, 2.45) is 0 Å². The largest absolute Gasteiger partial charge is 0.206 e. The van der Waals surface area contributed by atoms with Gasteiger partial charge in [-0.15, -0.1) is 0 Å². The van der Waals surface area contributed by atoms with Crippen LogP contribution in [-0.2, 0) is 12.8 Å². The van der Waals surface area contributed by atoms with E-state index >= 15 is 4.39 Å². The predicted octanol–water partition coefficient (Wildman–Crippen LogP) is 12.0. The number of unbranched alkanes of at least 4 members (excludes halogenated alkanes) is 12. The van der Waals surface area contributed by atoms with E-state index in [1.807, 2.05) is 12.1 Å². The summed E-state index contributed by atoms with van der Waals surface area (Å²) < 4.78 is 44.9. The molecule has 3 rings (SSSR count). The minimum atomic E-state index is -0.961. The monoisotopic (exact) mass is 536 g/mol. The number of hydrogen-bond acceptors (Lipinski definition) is 0. The molecule has 0 amide bonds. The summed E-state index contributed by atoms with van der Waals surface area (Å²) in [6.45, 7) is 4.43. The van der Waals surface area contributed by atoms with E-state index in [1.165, 1.54) is 88.3 Å². The zero-order valence-electron chi connectivity index (χ0n) is 24.1. The maximum atomic E-state index is 15.1. The third-order valence-electron chi connectivity index (χ3n) is 7.83. The molecule has 0 radical (unpaired) electrons. The van der Waals surface area contributed by atoms with Crippen molar-refractivity contribution in [3.63, 3.8) is 0 Å². The van der Waals surface area contributed by atoms with E-state index in [4.69, 9.17) is 0 Å². The summed E-state index contributed by atoms with van der Waals surface area (Å²) in [5.74, 6) is -2.35. The Balaban J connectivity index is 1.56. The summed E-state index contributed by atoms with van der Waals surface area (Å²) in [5, 5.41) is 0. The lowest BCUT2D eigenvalue weighted by Gasteiger charge is -2.11. The Labute approximate surface area is 235 Å². The average Bonchev–Trinajstić information content (AvgIpc) is 2.95. The standard InChI is InChI=1S/C36H47F3/c1-3-5-7-9-11-13-15-17-28-19-21-29(22-20-28)31-24-25-32(34(37)27-31)33-26-23-30(35(38)36(33)39)18-16-14-12-10-8-6-4-2/h19-27H,3-18H2,1-2H3. The third kappa shape index (κ3) is 9.85. The molecule has 0 saturated carbocycles. The topological polar surface area (TPSA) is 0 Å². The van der Waals surface area contributed by atoms with Crippen molar-refractivity contribution in [3.05, 3.63) is 83.2 Å². The Kier molecular flexibility index (Phi) is 13.7. The summed E-state index contributed by atoms with van der Waals surface area (Å²) >= 11 is 0. The molecule has 0 N–H and O–H groups in total. The fraction of sp³-hybridized carbons (Fsp3) is 0.500. The molecule has 212 valence electrons. The number of hydrogen-bond donors (Lipinski definition) is 0. The van der Waals surface area contributed by atoms with E-state index < -0.39 is 17.5 Å². The van der Waals surface area contributed by atoms with E-state index in [-0.39, 0.29) is 11.1 Å². The highest BCUT2D eigenvalue weighted by atomic mass is 19.2. The summed E-state index contributed by atoms with van der Waals surface area (Å²) in [6.07, 6.45) is 18.5. The minimum absolute atomic E-state index is 0.0232. The molecular formula is C36H47F3. The highest BCUT2D eigenvalue weighted by molar-refractivity contribution is 5.71. The van der Waals surface area contributed by atoms with E-state index in [1.54, 1.807) is 18.2 Å². The summed E-state index contributed by atoms with van der Waals surface area (Å²) in [7, 11) is 0. The van der Waals surface area contributed by atoms with Gasteiger partial charge in [0, 0.05) is 11.1 Å². The van der Waals surface area contributed by atoms with Crippen LogP contribution < -0.4 is 0 Å². The van der Waals surface area contributed by atoms with Crippen molar-refractivity contribution in [3.8, 4) is 22.3 Å². The minimum Gasteiger partial charge on any atom is -0.206 e. The lowest BCUT2D eigenvalue weighted by molar-refractivity contribution is 0.496. The highest BCUT2D eigenvalue weighted by Gasteiger charge is 2.17. The van der Waals surface area contributed by atoms with Gasteiger partial charge in [0.2, 0.25) is 0 Å². The fourth-order valence-corrected chi connectivity index (χ4v) is 5.33. The average molecular weight is 537 g/mol. The molecule has 39 heavy (non-hydrogen) atoms. The molecule has 0 aliphatic heterocycles. The Morgan fingerprint density at radius 2 is 0.974 bits per heavy atom. The molecule has 0 unspecified atom stereocenters. The molecule has 0 aliphatic carbocycles. The lowest BCUT2D eigenvalue weighted by atomic mass is 9.96. The molecule has 3 aromatic carbocycles. The Bertz CT molecular complexity index is 1120. The van der Waals surface area contributed by atoms with Crippen LogP contribution in [-0.4, -0.2) is 0 Å². The van der Waals surface area contributed by atoms with Gasteiger partial charge in [-0.05, 0) is 54.0 Å². The lowest BCUT2D eigenvalue weighted by Crippen LogP contribution is -1.99. The highest BCUT2D eigenvalue weighted by Crippen LogP contribution is 2.32. The van der Waals surface area contributed by atoms with Gasteiger partial charge in [-0.3, -0.25) is 0 Å². The first-order valence-electron chi connectivity index (χ1n) is 15.4. The van der Waals surface area contributed by atoms with Crippen molar-refractivity contribution in [1.29, 1.82) is 0 Å². The van der Waals surface area contributed by atoms with Gasteiger partial charge < -0.3 is 0 Å². The molecule has 3 heteroatoms. The Morgan fingerprint density at radius 3 is 1.56 bits per heavy atom. The molecule has 0 bridgehead atoms. The number of benzene rings is 3. The van der Waals surface area contributed by atoms with Crippen molar-refractivity contribution in [1.82, 2.24) is 0 Å². The van der Waals surface area contributed by atoms with Crippen LogP contribution in [0.25, 0.3) is 22.3 Å².